The van der Waals surface area contributed by atoms with Gasteiger partial charge in [0, 0.05) is 17.8 Å². The van der Waals surface area contributed by atoms with Gasteiger partial charge in [-0.1, -0.05) is 6.07 Å². The van der Waals surface area contributed by atoms with E-state index in [9.17, 15) is 4.79 Å². The number of anilines is 1. The van der Waals surface area contributed by atoms with E-state index in [0.717, 1.165) is 0 Å². The molecule has 0 spiro atoms. The van der Waals surface area contributed by atoms with E-state index in [1.165, 1.54) is 0 Å². The van der Waals surface area contributed by atoms with Gasteiger partial charge in [-0.25, -0.2) is 0 Å². The summed E-state index contributed by atoms with van der Waals surface area (Å²) in [5.74, 6) is -0.224. The summed E-state index contributed by atoms with van der Waals surface area (Å²) >= 11 is 0. The number of carbonyl (C=O) groups excluding carboxylic acids is 1. The largest absolute Gasteiger partial charge is 0.399 e. The number of carbonyl (C=O) groups is 1. The molecule has 1 atom stereocenters. The first kappa shape index (κ1) is 10.5. The minimum atomic E-state index is -0.542. The van der Waals surface area contributed by atoms with E-state index < -0.39 is 6.10 Å². The third-order valence-corrected chi connectivity index (χ3v) is 1.71. The average Bonchev–Trinajstić information content (AvgIpc) is 2.14. The van der Waals surface area contributed by atoms with Crippen LogP contribution in [0.3, 0.4) is 0 Å². The average molecular weight is 194 g/mol. The van der Waals surface area contributed by atoms with E-state index in [1.54, 1.807) is 31.2 Å². The molecule has 1 amide bonds. The van der Waals surface area contributed by atoms with Gasteiger partial charge in [-0.3, -0.25) is 4.79 Å². The molecule has 0 aliphatic carbocycles. The topological polar surface area (TPSA) is 75.3 Å². The van der Waals surface area contributed by atoms with Gasteiger partial charge < -0.3 is 16.2 Å². The zero-order chi connectivity index (χ0) is 10.6. The third-order valence-electron chi connectivity index (χ3n) is 1.71. The van der Waals surface area contributed by atoms with E-state index in [1.807, 2.05) is 0 Å². The minimum Gasteiger partial charge on any atom is -0.399 e. The van der Waals surface area contributed by atoms with Crippen molar-refractivity contribution in [2.24, 2.45) is 0 Å². The van der Waals surface area contributed by atoms with E-state index >= 15 is 0 Å². The molecule has 76 valence electrons. The van der Waals surface area contributed by atoms with Crippen LogP contribution in [0.15, 0.2) is 24.3 Å². The van der Waals surface area contributed by atoms with Crippen LogP contribution in [0.5, 0.6) is 0 Å². The summed E-state index contributed by atoms with van der Waals surface area (Å²) in [6.07, 6.45) is -0.542. The second-order valence-corrected chi connectivity index (χ2v) is 3.18. The van der Waals surface area contributed by atoms with E-state index in [-0.39, 0.29) is 12.5 Å². The van der Waals surface area contributed by atoms with Crippen molar-refractivity contribution in [3.8, 4) is 0 Å². The molecule has 0 aliphatic heterocycles. The smallest absolute Gasteiger partial charge is 0.251 e. The Hall–Kier alpha value is -1.55. The van der Waals surface area contributed by atoms with Crippen LogP contribution in [0, 0.1) is 0 Å². The first-order chi connectivity index (χ1) is 6.59. The fourth-order valence-electron chi connectivity index (χ4n) is 1.02. The summed E-state index contributed by atoms with van der Waals surface area (Å²) in [6.45, 7) is 1.85. The van der Waals surface area contributed by atoms with Crippen molar-refractivity contribution in [2.75, 3.05) is 12.3 Å². The molecule has 0 aromatic heterocycles. The van der Waals surface area contributed by atoms with Crippen LogP contribution in [-0.4, -0.2) is 23.7 Å². The van der Waals surface area contributed by atoms with Crippen molar-refractivity contribution < 1.29 is 9.90 Å². The van der Waals surface area contributed by atoms with E-state index in [4.69, 9.17) is 10.8 Å². The fraction of sp³-hybridized carbons (Fsp3) is 0.300. The Morgan fingerprint density at radius 2 is 2.36 bits per heavy atom. The van der Waals surface area contributed by atoms with Crippen molar-refractivity contribution >= 4 is 11.6 Å². The Bertz CT molecular complexity index is 324. The van der Waals surface area contributed by atoms with Crippen molar-refractivity contribution in [3.63, 3.8) is 0 Å². The normalized spacial score (nSPS) is 12.1. The Kier molecular flexibility index (Phi) is 3.48. The molecular weight excluding hydrogens is 180 g/mol. The Labute approximate surface area is 82.7 Å². The Balaban J connectivity index is 2.61. The molecule has 1 aromatic rings. The number of benzene rings is 1. The fourth-order valence-corrected chi connectivity index (χ4v) is 1.02. The molecule has 0 radical (unpaired) electrons. The van der Waals surface area contributed by atoms with Crippen LogP contribution in [0.4, 0.5) is 5.69 Å². The number of nitrogens with two attached hydrogens (primary N) is 1. The molecule has 1 unspecified atom stereocenters. The monoisotopic (exact) mass is 194 g/mol. The molecule has 1 aromatic carbocycles. The van der Waals surface area contributed by atoms with Gasteiger partial charge in [0.2, 0.25) is 0 Å². The first-order valence-corrected chi connectivity index (χ1v) is 4.41. The molecule has 4 N–H and O–H groups in total. The number of rotatable bonds is 3. The van der Waals surface area contributed by atoms with Gasteiger partial charge in [0.1, 0.15) is 0 Å². The zero-order valence-electron chi connectivity index (χ0n) is 8.03. The molecule has 4 heteroatoms. The van der Waals surface area contributed by atoms with Crippen molar-refractivity contribution in [1.29, 1.82) is 0 Å². The number of aliphatic hydroxyl groups is 1. The van der Waals surface area contributed by atoms with Gasteiger partial charge in [0.15, 0.2) is 0 Å². The molecule has 0 bridgehead atoms. The SMILES string of the molecule is CC(O)CNC(=O)c1cccc(N)c1. The van der Waals surface area contributed by atoms with Crippen LogP contribution in [-0.2, 0) is 0 Å². The van der Waals surface area contributed by atoms with Gasteiger partial charge in [0.25, 0.3) is 5.91 Å². The van der Waals surface area contributed by atoms with Gasteiger partial charge in [-0.15, -0.1) is 0 Å². The lowest BCUT2D eigenvalue weighted by molar-refractivity contribution is 0.0924. The van der Waals surface area contributed by atoms with Crippen LogP contribution in [0.1, 0.15) is 17.3 Å². The van der Waals surface area contributed by atoms with Gasteiger partial charge in [0.05, 0.1) is 6.10 Å². The maximum Gasteiger partial charge on any atom is 0.251 e. The van der Waals surface area contributed by atoms with Gasteiger partial charge in [-0.2, -0.15) is 0 Å². The maximum absolute atomic E-state index is 11.4. The van der Waals surface area contributed by atoms with Gasteiger partial charge >= 0.3 is 0 Å². The highest BCUT2D eigenvalue weighted by molar-refractivity contribution is 5.94. The van der Waals surface area contributed by atoms with Crippen LogP contribution < -0.4 is 11.1 Å². The second kappa shape index (κ2) is 4.62. The van der Waals surface area contributed by atoms with Crippen molar-refractivity contribution in [1.82, 2.24) is 5.32 Å². The van der Waals surface area contributed by atoms with Crippen molar-refractivity contribution in [3.05, 3.63) is 29.8 Å². The van der Waals surface area contributed by atoms with Crippen LogP contribution in [0.2, 0.25) is 0 Å². The lowest BCUT2D eigenvalue weighted by atomic mass is 10.2. The lowest BCUT2D eigenvalue weighted by Gasteiger charge is -2.07. The number of nitrogens with one attached hydrogen (secondary N) is 1. The maximum atomic E-state index is 11.4. The molecule has 0 aliphatic rings. The highest BCUT2D eigenvalue weighted by atomic mass is 16.3. The lowest BCUT2D eigenvalue weighted by Crippen LogP contribution is -2.30. The number of nitrogen functional groups attached to an aromatic ring is 1. The van der Waals surface area contributed by atoms with E-state index in [2.05, 4.69) is 5.32 Å². The summed E-state index contributed by atoms with van der Waals surface area (Å²) in [5, 5.41) is 11.5. The molecule has 0 fully saturated rings. The first-order valence-electron chi connectivity index (χ1n) is 4.41. The number of amides is 1. The summed E-state index contributed by atoms with van der Waals surface area (Å²) in [5.41, 5.74) is 6.58. The molecule has 0 saturated carbocycles. The molecule has 0 saturated heterocycles. The highest BCUT2D eigenvalue weighted by Gasteiger charge is 2.05. The van der Waals surface area contributed by atoms with E-state index in [0.29, 0.717) is 11.3 Å². The summed E-state index contributed by atoms with van der Waals surface area (Å²) in [6, 6.07) is 6.70. The Morgan fingerprint density at radius 1 is 1.64 bits per heavy atom. The van der Waals surface area contributed by atoms with Crippen LogP contribution in [0.25, 0.3) is 0 Å². The summed E-state index contributed by atoms with van der Waals surface area (Å²) in [7, 11) is 0. The molecular formula is C10H14N2O2. The molecule has 4 nitrogen and oxygen atoms in total. The Morgan fingerprint density at radius 3 is 2.93 bits per heavy atom. The predicted molar refractivity (Wildman–Crippen MR) is 54.9 cm³/mol. The number of aliphatic hydroxyl groups excluding tert-OH is 1. The number of hydrogen-bond donors (Lipinski definition) is 3. The van der Waals surface area contributed by atoms with Crippen LogP contribution >= 0.6 is 0 Å². The molecule has 1 rings (SSSR count). The standard InChI is InChI=1S/C10H14N2O2/c1-7(13)6-12-10(14)8-3-2-4-9(11)5-8/h2-5,7,13H,6,11H2,1H3,(H,12,14). The highest BCUT2D eigenvalue weighted by Crippen LogP contribution is 2.05. The summed E-state index contributed by atoms with van der Waals surface area (Å²) in [4.78, 5) is 11.4. The molecule has 14 heavy (non-hydrogen) atoms. The zero-order valence-corrected chi connectivity index (χ0v) is 8.03. The van der Waals surface area contributed by atoms with Crippen molar-refractivity contribution in [2.45, 2.75) is 13.0 Å². The van der Waals surface area contributed by atoms with Gasteiger partial charge in [-0.05, 0) is 25.1 Å². The molecule has 0 heterocycles. The second-order valence-electron chi connectivity index (χ2n) is 3.18. The minimum absolute atomic E-state index is 0.224. The quantitative estimate of drug-likeness (QED) is 0.609. The number of hydrogen-bond acceptors (Lipinski definition) is 3. The third kappa shape index (κ3) is 3.06. The predicted octanol–water partition coefficient (Wildman–Crippen LogP) is 0.379. The summed E-state index contributed by atoms with van der Waals surface area (Å²) < 4.78 is 0.